The zero-order valence-corrected chi connectivity index (χ0v) is 17.4. The molecule has 1 fully saturated rings. The highest BCUT2D eigenvalue weighted by molar-refractivity contribution is 6.02. The number of aromatic nitrogens is 1. The summed E-state index contributed by atoms with van der Waals surface area (Å²) in [5.74, 6) is 0.549. The van der Waals surface area contributed by atoms with Crippen LogP contribution in [0.5, 0.6) is 5.75 Å². The van der Waals surface area contributed by atoms with Crippen molar-refractivity contribution in [2.45, 2.75) is 31.0 Å². The summed E-state index contributed by atoms with van der Waals surface area (Å²) in [6.45, 7) is 1.02. The number of likely N-dealkylation sites (tertiary alicyclic amines) is 1. The van der Waals surface area contributed by atoms with Crippen molar-refractivity contribution < 1.29 is 27.5 Å². The van der Waals surface area contributed by atoms with Crippen molar-refractivity contribution in [2.24, 2.45) is 5.16 Å². The van der Waals surface area contributed by atoms with E-state index in [4.69, 9.17) is 9.57 Å². The molecule has 32 heavy (non-hydrogen) atoms. The van der Waals surface area contributed by atoms with E-state index < -0.39 is 17.5 Å². The number of ether oxygens (including phenoxy) is 1. The molecule has 1 aromatic heterocycles. The smallest absolute Gasteiger partial charge is 0.433 e. The lowest BCUT2D eigenvalue weighted by atomic mass is 9.85. The maximum absolute atomic E-state index is 12.6. The van der Waals surface area contributed by atoms with Crippen LogP contribution in [0.3, 0.4) is 0 Å². The molecule has 0 aliphatic carbocycles. The molecule has 2 aliphatic rings. The molecule has 0 bridgehead atoms. The van der Waals surface area contributed by atoms with Gasteiger partial charge in [-0.25, -0.2) is 0 Å². The van der Waals surface area contributed by atoms with Crippen LogP contribution in [0.2, 0.25) is 0 Å². The van der Waals surface area contributed by atoms with Crippen LogP contribution in [0.15, 0.2) is 53.8 Å². The zero-order valence-electron chi connectivity index (χ0n) is 17.4. The first-order chi connectivity index (χ1) is 15.3. The summed E-state index contributed by atoms with van der Waals surface area (Å²) in [6.07, 6.45) is 1.39. The summed E-state index contributed by atoms with van der Waals surface area (Å²) in [5, 5.41) is 4.29. The monoisotopic (exact) mass is 445 g/mol. The van der Waals surface area contributed by atoms with Crippen LogP contribution in [0.1, 0.15) is 36.1 Å². The molecule has 168 valence electrons. The normalized spacial score (nSPS) is 18.0. The molecule has 0 saturated carbocycles. The number of alkyl halides is 3. The van der Waals surface area contributed by atoms with Gasteiger partial charge in [0.1, 0.15) is 17.0 Å². The summed E-state index contributed by atoms with van der Waals surface area (Å²) in [5.41, 5.74) is 0.854. The highest BCUT2D eigenvalue weighted by Gasteiger charge is 2.43. The Morgan fingerprint density at radius 2 is 2.00 bits per heavy atom. The molecular weight excluding hydrogens is 423 g/mol. The minimum Gasteiger partial charge on any atom is -0.497 e. The van der Waals surface area contributed by atoms with Gasteiger partial charge in [-0.05, 0) is 29.8 Å². The number of piperidine rings is 1. The lowest BCUT2D eigenvalue weighted by Gasteiger charge is -2.36. The molecule has 0 atom stereocenters. The molecule has 1 aromatic carbocycles. The standard InChI is InChI=1S/C23H22F3N3O3/c1-31-18-4-2-3-17(13-18)19-14-22(32-28-19)9-11-29(12-10-22)21(30)8-6-16-5-7-20(27-15-16)23(24,25)26/h2-8,13,15H,9-12,14H2,1H3. The van der Waals surface area contributed by atoms with Crippen molar-refractivity contribution in [3.05, 3.63) is 65.5 Å². The Kier molecular flexibility index (Phi) is 5.90. The summed E-state index contributed by atoms with van der Waals surface area (Å²) < 4.78 is 43.0. The second-order valence-electron chi connectivity index (χ2n) is 7.85. The van der Waals surface area contributed by atoms with Crippen molar-refractivity contribution in [1.82, 2.24) is 9.88 Å². The third-order valence-electron chi connectivity index (χ3n) is 5.72. The van der Waals surface area contributed by atoms with Gasteiger partial charge in [-0.3, -0.25) is 9.78 Å². The molecular formula is C23H22F3N3O3. The Bertz CT molecular complexity index is 1040. The largest absolute Gasteiger partial charge is 0.497 e. The number of oxime groups is 1. The molecule has 2 aliphatic heterocycles. The fourth-order valence-electron chi connectivity index (χ4n) is 3.83. The van der Waals surface area contributed by atoms with Crippen LogP contribution in [-0.4, -0.2) is 47.3 Å². The summed E-state index contributed by atoms with van der Waals surface area (Å²) in [7, 11) is 1.61. The van der Waals surface area contributed by atoms with Gasteiger partial charge in [-0.15, -0.1) is 0 Å². The second-order valence-corrected chi connectivity index (χ2v) is 7.85. The van der Waals surface area contributed by atoms with Gasteiger partial charge in [0, 0.05) is 50.2 Å². The first kappa shape index (κ1) is 21.9. The molecule has 0 N–H and O–H groups in total. The van der Waals surface area contributed by atoms with Gasteiger partial charge in [0.15, 0.2) is 0 Å². The maximum Gasteiger partial charge on any atom is 0.433 e. The molecule has 9 heteroatoms. The fraction of sp³-hybridized carbons (Fsp3) is 0.348. The van der Waals surface area contributed by atoms with Gasteiger partial charge in [0.25, 0.3) is 0 Å². The van der Waals surface area contributed by atoms with Gasteiger partial charge < -0.3 is 14.5 Å². The number of hydrogen-bond acceptors (Lipinski definition) is 5. The van der Waals surface area contributed by atoms with Crippen molar-refractivity contribution in [2.75, 3.05) is 20.2 Å². The average Bonchev–Trinajstić information content (AvgIpc) is 3.21. The number of hydrogen-bond donors (Lipinski definition) is 0. The van der Waals surface area contributed by atoms with Gasteiger partial charge in [0.05, 0.1) is 12.8 Å². The van der Waals surface area contributed by atoms with Crippen molar-refractivity contribution >= 4 is 17.7 Å². The Balaban J connectivity index is 1.32. The zero-order chi connectivity index (χ0) is 22.8. The number of carbonyl (C=O) groups excluding carboxylic acids is 1. The van der Waals surface area contributed by atoms with Crippen molar-refractivity contribution in [3.8, 4) is 5.75 Å². The van der Waals surface area contributed by atoms with Crippen LogP contribution in [0.25, 0.3) is 6.08 Å². The SMILES string of the molecule is COc1cccc(C2=NOC3(CCN(C(=O)C=Cc4ccc(C(F)(F)F)nc4)CC3)C2)c1. The van der Waals surface area contributed by atoms with E-state index in [1.165, 1.54) is 18.2 Å². The number of pyridine rings is 1. The third-order valence-corrected chi connectivity index (χ3v) is 5.72. The first-order valence-corrected chi connectivity index (χ1v) is 10.2. The number of nitrogens with zero attached hydrogens (tertiary/aromatic N) is 3. The van der Waals surface area contributed by atoms with Crippen molar-refractivity contribution in [1.29, 1.82) is 0 Å². The molecule has 6 nitrogen and oxygen atoms in total. The third kappa shape index (κ3) is 4.76. The van der Waals surface area contributed by atoms with Crippen LogP contribution in [0.4, 0.5) is 13.2 Å². The molecule has 1 saturated heterocycles. The number of rotatable bonds is 4. The fourth-order valence-corrected chi connectivity index (χ4v) is 3.83. The molecule has 3 heterocycles. The predicted octanol–water partition coefficient (Wildman–Crippen LogP) is 4.31. The topological polar surface area (TPSA) is 64.0 Å². The molecule has 4 rings (SSSR count). The van der Waals surface area contributed by atoms with Crippen LogP contribution < -0.4 is 4.74 Å². The summed E-state index contributed by atoms with van der Waals surface area (Å²) >= 11 is 0. The van der Waals surface area contributed by atoms with E-state index in [9.17, 15) is 18.0 Å². The molecule has 1 spiro atoms. The molecule has 0 radical (unpaired) electrons. The van der Waals surface area contributed by atoms with Crippen LogP contribution >= 0.6 is 0 Å². The van der Waals surface area contributed by atoms with Gasteiger partial charge >= 0.3 is 6.18 Å². The Morgan fingerprint density at radius 3 is 2.66 bits per heavy atom. The van der Waals surface area contributed by atoms with Gasteiger partial charge in [0.2, 0.25) is 5.91 Å². The molecule has 2 aromatic rings. The quantitative estimate of drug-likeness (QED) is 0.658. The maximum atomic E-state index is 12.6. The van der Waals surface area contributed by atoms with E-state index in [1.807, 2.05) is 24.3 Å². The molecule has 0 unspecified atom stereocenters. The highest BCUT2D eigenvalue weighted by Crippen LogP contribution is 2.36. The average molecular weight is 445 g/mol. The van der Waals surface area contributed by atoms with Crippen molar-refractivity contribution in [3.63, 3.8) is 0 Å². The summed E-state index contributed by atoms with van der Waals surface area (Å²) in [6, 6.07) is 9.83. The van der Waals surface area contributed by atoms with E-state index in [-0.39, 0.29) is 5.91 Å². The summed E-state index contributed by atoms with van der Waals surface area (Å²) in [4.78, 5) is 23.4. The second kappa shape index (κ2) is 8.64. The minimum atomic E-state index is -4.49. The van der Waals surface area contributed by atoms with Crippen LogP contribution in [-0.2, 0) is 15.8 Å². The Hall–Kier alpha value is -3.36. The van der Waals surface area contributed by atoms with Gasteiger partial charge in [-0.1, -0.05) is 23.4 Å². The number of halogens is 3. The lowest BCUT2D eigenvalue weighted by Crippen LogP contribution is -2.46. The van der Waals surface area contributed by atoms with E-state index in [0.717, 1.165) is 29.3 Å². The lowest BCUT2D eigenvalue weighted by molar-refractivity contribution is -0.141. The first-order valence-electron chi connectivity index (χ1n) is 10.2. The van der Waals surface area contributed by atoms with E-state index in [0.29, 0.717) is 37.9 Å². The van der Waals surface area contributed by atoms with E-state index in [2.05, 4.69) is 10.1 Å². The minimum absolute atomic E-state index is 0.202. The number of carbonyl (C=O) groups is 1. The Labute approximate surface area is 183 Å². The molecule has 1 amide bonds. The van der Waals surface area contributed by atoms with E-state index >= 15 is 0 Å². The number of benzene rings is 1. The predicted molar refractivity (Wildman–Crippen MR) is 112 cm³/mol. The number of methoxy groups -OCH3 is 1. The highest BCUT2D eigenvalue weighted by atomic mass is 19.4. The van der Waals surface area contributed by atoms with Crippen LogP contribution in [0, 0.1) is 0 Å². The Morgan fingerprint density at radius 1 is 1.22 bits per heavy atom. The van der Waals surface area contributed by atoms with Gasteiger partial charge in [-0.2, -0.15) is 13.2 Å². The van der Waals surface area contributed by atoms with E-state index in [1.54, 1.807) is 12.0 Å². The number of amides is 1.